The molecule has 0 bridgehead atoms. The van der Waals surface area contributed by atoms with Crippen LogP contribution >= 0.6 is 0 Å². The molecule has 0 radical (unpaired) electrons. The molecule has 0 aromatic carbocycles. The Morgan fingerprint density at radius 3 is 1.00 bits per heavy atom. The summed E-state index contributed by atoms with van der Waals surface area (Å²) < 4.78 is 109. The van der Waals surface area contributed by atoms with Gasteiger partial charge in [0.15, 0.2) is 0 Å². The molecule has 0 heterocycles. The summed E-state index contributed by atoms with van der Waals surface area (Å²) >= 11 is 0. The fourth-order valence-corrected chi connectivity index (χ4v) is 2.48. The molecule has 0 saturated heterocycles. The zero-order chi connectivity index (χ0) is 12.7. The van der Waals surface area contributed by atoms with Gasteiger partial charge >= 0.3 is 29.9 Å². The van der Waals surface area contributed by atoms with Crippen LogP contribution in [0.2, 0.25) is 0 Å². The second-order valence-corrected chi connectivity index (χ2v) is 5.95. The fourth-order valence-electron chi connectivity index (χ4n) is 0.276. The third-order valence-corrected chi connectivity index (χ3v) is 4.22. The molecule has 92 valence electrons. The van der Waals surface area contributed by atoms with Crippen molar-refractivity contribution in [2.24, 2.45) is 0 Å². The van der Waals surface area contributed by atoms with Crippen LogP contribution < -0.4 is 18.9 Å². The second-order valence-electron chi connectivity index (χ2n) is 2.08. The molecule has 0 rings (SSSR count). The maximum Gasteiger partial charge on any atom is 1.00 e. The van der Waals surface area contributed by atoms with Crippen LogP contribution in [-0.2, 0) is 19.7 Å². The summed E-state index contributed by atoms with van der Waals surface area (Å²) in [6.45, 7) is 0. The third-order valence-electron chi connectivity index (χ3n) is 0.899. The zero-order valence-electron chi connectivity index (χ0n) is 7.29. The Kier molecular flexibility index (Phi) is 5.48. The first-order valence-electron chi connectivity index (χ1n) is 2.68. The summed E-state index contributed by atoms with van der Waals surface area (Å²) in [5, 5.41) is -1.76. The minimum atomic E-state index is -6.47. The van der Waals surface area contributed by atoms with Crippen LogP contribution in [0.15, 0.2) is 0 Å². The van der Waals surface area contributed by atoms with Crippen molar-refractivity contribution in [3.05, 3.63) is 5.08 Å². The van der Waals surface area contributed by atoms with E-state index in [0.717, 1.165) is 0 Å². The number of hydrogen-bond donors (Lipinski definition) is 0. The Bertz CT molecular complexity index is 387. The zero-order valence-corrected chi connectivity index (χ0v) is 8.93. The standard InChI is InChI=1S/C3HF6O4S2.Li/c4-2(5,6)14(10,11)1-15(12,13)3(7,8)9;/h1H;/q-1;+1. The fraction of sp³-hybridized carbons (Fsp3) is 0.667. The molecule has 0 atom stereocenters. The van der Waals surface area contributed by atoms with Crippen LogP contribution in [0.25, 0.3) is 0 Å². The molecule has 0 aliphatic rings. The van der Waals surface area contributed by atoms with Crippen LogP contribution in [0, 0.1) is 5.08 Å². The van der Waals surface area contributed by atoms with E-state index in [9.17, 15) is 43.2 Å². The third kappa shape index (κ3) is 4.15. The predicted octanol–water partition coefficient (Wildman–Crippen LogP) is -2.02. The van der Waals surface area contributed by atoms with E-state index in [-0.39, 0.29) is 18.9 Å². The van der Waals surface area contributed by atoms with Gasteiger partial charge in [0.05, 0.1) is 0 Å². The van der Waals surface area contributed by atoms with Crippen molar-refractivity contribution in [2.45, 2.75) is 11.0 Å². The van der Waals surface area contributed by atoms with Gasteiger partial charge in [-0.15, -0.1) is 0 Å². The summed E-state index contributed by atoms with van der Waals surface area (Å²) in [6, 6.07) is 0. The Balaban J connectivity index is 0. The maximum absolute atomic E-state index is 11.5. The molecular formula is C3HF6LiO4S2. The molecule has 0 aromatic heterocycles. The summed E-state index contributed by atoms with van der Waals surface area (Å²) in [4.78, 5) is 0. The number of alkyl halides is 6. The van der Waals surface area contributed by atoms with Gasteiger partial charge in [0, 0.05) is 0 Å². The Hall–Kier alpha value is 0.0774. The topological polar surface area (TPSA) is 68.3 Å². The molecule has 0 aliphatic carbocycles. The average molecular weight is 286 g/mol. The molecule has 0 N–H and O–H groups in total. The van der Waals surface area contributed by atoms with Crippen LogP contribution in [0.4, 0.5) is 26.3 Å². The van der Waals surface area contributed by atoms with Crippen molar-refractivity contribution in [3.8, 4) is 0 Å². The molecule has 0 aliphatic heterocycles. The molecule has 0 spiro atoms. The van der Waals surface area contributed by atoms with Crippen LogP contribution in [0.3, 0.4) is 0 Å². The Morgan fingerprint density at radius 2 is 0.875 bits per heavy atom. The summed E-state index contributed by atoms with van der Waals surface area (Å²) in [7, 11) is -12.9. The van der Waals surface area contributed by atoms with Crippen molar-refractivity contribution in [1.29, 1.82) is 0 Å². The van der Waals surface area contributed by atoms with Gasteiger partial charge in [0.25, 0.3) is 0 Å². The summed E-state index contributed by atoms with van der Waals surface area (Å²) in [5.41, 5.74) is -12.2. The van der Waals surface area contributed by atoms with Crippen molar-refractivity contribution in [1.82, 2.24) is 0 Å². The molecule has 0 unspecified atom stereocenters. The van der Waals surface area contributed by atoms with Gasteiger partial charge < -0.3 is 0 Å². The minimum absolute atomic E-state index is 0. The predicted molar refractivity (Wildman–Crippen MR) is 34.2 cm³/mol. The van der Waals surface area contributed by atoms with E-state index >= 15 is 0 Å². The molecule has 13 heteroatoms. The smallest absolute Gasteiger partial charge is 0.253 e. The van der Waals surface area contributed by atoms with Crippen molar-refractivity contribution >= 4 is 19.7 Å². The van der Waals surface area contributed by atoms with Crippen LogP contribution in [0.1, 0.15) is 0 Å². The monoisotopic (exact) mass is 286 g/mol. The van der Waals surface area contributed by atoms with E-state index in [1.165, 1.54) is 0 Å². The van der Waals surface area contributed by atoms with E-state index in [2.05, 4.69) is 0 Å². The molecule has 0 amide bonds. The summed E-state index contributed by atoms with van der Waals surface area (Å²) in [5.74, 6) is 0. The first-order valence-corrected chi connectivity index (χ1v) is 5.77. The van der Waals surface area contributed by atoms with E-state index in [1.807, 2.05) is 0 Å². The van der Waals surface area contributed by atoms with Gasteiger partial charge in [0.1, 0.15) is 19.7 Å². The minimum Gasteiger partial charge on any atom is -0.253 e. The Labute approximate surface area is 98.0 Å². The molecule has 0 fully saturated rings. The van der Waals surface area contributed by atoms with Gasteiger partial charge in [-0.2, -0.15) is 26.3 Å². The normalized spacial score (nSPS) is 14.4. The van der Waals surface area contributed by atoms with E-state index < -0.39 is 35.8 Å². The van der Waals surface area contributed by atoms with Crippen LogP contribution in [0.5, 0.6) is 0 Å². The van der Waals surface area contributed by atoms with E-state index in [0.29, 0.717) is 0 Å². The first kappa shape index (κ1) is 18.4. The van der Waals surface area contributed by atoms with E-state index in [1.54, 1.807) is 0 Å². The number of rotatable bonds is 2. The second kappa shape index (κ2) is 4.75. The van der Waals surface area contributed by atoms with Crippen LogP contribution in [-0.4, -0.2) is 27.9 Å². The van der Waals surface area contributed by atoms with Gasteiger partial charge in [-0.05, 0) is 0 Å². The first-order chi connectivity index (χ1) is 6.21. The van der Waals surface area contributed by atoms with E-state index in [4.69, 9.17) is 0 Å². The summed E-state index contributed by atoms with van der Waals surface area (Å²) in [6.07, 6.45) is 0. The largest absolute Gasteiger partial charge is 1.00 e. The molecule has 16 heavy (non-hydrogen) atoms. The Morgan fingerprint density at radius 1 is 0.688 bits per heavy atom. The van der Waals surface area contributed by atoms with Gasteiger partial charge in [0.2, 0.25) is 0 Å². The molecular weight excluding hydrogens is 285 g/mol. The molecule has 4 nitrogen and oxygen atoms in total. The number of halogens is 6. The SMILES string of the molecule is O=S(=O)([CH-]S(=O)(=O)C(F)(F)F)C(F)(F)F.[Li+]. The quantitative estimate of drug-likeness (QED) is 0.334. The van der Waals surface area contributed by atoms with Gasteiger partial charge in [-0.1, -0.05) is 5.08 Å². The average Bonchev–Trinajstić information content (AvgIpc) is 1.77. The van der Waals surface area contributed by atoms with Gasteiger partial charge in [-0.3, -0.25) is 16.8 Å². The van der Waals surface area contributed by atoms with Crippen molar-refractivity contribution in [3.63, 3.8) is 0 Å². The number of sulfone groups is 2. The van der Waals surface area contributed by atoms with Gasteiger partial charge in [-0.25, -0.2) is 0 Å². The number of hydrogen-bond acceptors (Lipinski definition) is 4. The van der Waals surface area contributed by atoms with Crippen molar-refractivity contribution in [2.75, 3.05) is 0 Å². The molecule has 0 saturated carbocycles. The molecule has 0 aromatic rings. The van der Waals surface area contributed by atoms with Crippen molar-refractivity contribution < 1.29 is 62.0 Å². The maximum atomic E-state index is 11.5.